The van der Waals surface area contributed by atoms with Gasteiger partial charge in [0.25, 0.3) is 0 Å². The Morgan fingerprint density at radius 1 is 1.05 bits per heavy atom. The lowest BCUT2D eigenvalue weighted by Crippen LogP contribution is -2.20. The van der Waals surface area contributed by atoms with Crippen molar-refractivity contribution in [1.29, 1.82) is 0 Å². The molecule has 0 aromatic heterocycles. The highest BCUT2D eigenvalue weighted by Gasteiger charge is 2.07. The smallest absolute Gasteiger partial charge is 0.147 e. The quantitative estimate of drug-likeness (QED) is 0.651. The first kappa shape index (κ1) is 16.9. The lowest BCUT2D eigenvalue weighted by atomic mass is 10.2. The first-order valence-electron chi connectivity index (χ1n) is 5.98. The summed E-state index contributed by atoms with van der Waals surface area (Å²) in [6, 6.07) is 4.09. The van der Waals surface area contributed by atoms with E-state index in [1.807, 2.05) is 12.1 Å². The molecule has 6 heteroatoms. The van der Waals surface area contributed by atoms with Crippen LogP contribution < -0.4 is 10.1 Å². The van der Waals surface area contributed by atoms with Gasteiger partial charge in [-0.25, -0.2) is 0 Å². The van der Waals surface area contributed by atoms with Gasteiger partial charge in [0.15, 0.2) is 0 Å². The molecule has 1 rings (SSSR count). The fourth-order valence-corrected chi connectivity index (χ4v) is 3.14. The minimum atomic E-state index is 0.637. The molecular formula is C13H19Br2NO3. The van der Waals surface area contributed by atoms with Crippen molar-refractivity contribution in [3.05, 3.63) is 26.6 Å². The van der Waals surface area contributed by atoms with E-state index in [0.29, 0.717) is 19.8 Å². The summed E-state index contributed by atoms with van der Waals surface area (Å²) in [5.41, 5.74) is 1.18. The average Bonchev–Trinajstić information content (AvgIpc) is 2.37. The first-order valence-corrected chi connectivity index (χ1v) is 7.57. The first-order chi connectivity index (χ1) is 9.19. The second-order valence-corrected chi connectivity index (χ2v) is 5.58. The summed E-state index contributed by atoms with van der Waals surface area (Å²) in [6.07, 6.45) is 0. The summed E-state index contributed by atoms with van der Waals surface area (Å²) in [5.74, 6) is 0.812. The maximum atomic E-state index is 5.37. The van der Waals surface area contributed by atoms with Crippen molar-refractivity contribution >= 4 is 31.9 Å². The van der Waals surface area contributed by atoms with Crippen LogP contribution in [0, 0.1) is 0 Å². The molecule has 1 N–H and O–H groups in total. The van der Waals surface area contributed by atoms with Gasteiger partial charge in [-0.15, -0.1) is 0 Å². The topological polar surface area (TPSA) is 39.7 Å². The minimum Gasteiger partial charge on any atom is -0.494 e. The van der Waals surface area contributed by atoms with Crippen LogP contribution in [0.5, 0.6) is 5.75 Å². The molecule has 0 aliphatic heterocycles. The SMILES string of the molecule is COCCOCCNCc1cc(Br)c(OC)c(Br)c1. The molecule has 108 valence electrons. The Morgan fingerprint density at radius 3 is 2.32 bits per heavy atom. The molecule has 0 saturated carbocycles. The zero-order valence-corrected chi connectivity index (χ0v) is 14.3. The van der Waals surface area contributed by atoms with E-state index < -0.39 is 0 Å². The minimum absolute atomic E-state index is 0.637. The molecule has 1 aromatic rings. The van der Waals surface area contributed by atoms with Gasteiger partial charge in [0.2, 0.25) is 0 Å². The normalized spacial score (nSPS) is 10.7. The van der Waals surface area contributed by atoms with Gasteiger partial charge in [0.05, 0.1) is 35.9 Å². The van der Waals surface area contributed by atoms with Crippen molar-refractivity contribution in [1.82, 2.24) is 5.32 Å². The molecule has 0 unspecified atom stereocenters. The number of methoxy groups -OCH3 is 2. The lowest BCUT2D eigenvalue weighted by molar-refractivity contribution is 0.0719. The van der Waals surface area contributed by atoms with Gasteiger partial charge in [-0.2, -0.15) is 0 Å². The molecule has 1 aromatic carbocycles. The molecule has 0 radical (unpaired) electrons. The Labute approximate surface area is 131 Å². The zero-order valence-electron chi connectivity index (χ0n) is 11.2. The third kappa shape index (κ3) is 6.23. The fraction of sp³-hybridized carbons (Fsp3) is 0.538. The maximum Gasteiger partial charge on any atom is 0.147 e. The molecule has 4 nitrogen and oxygen atoms in total. The molecule has 0 amide bonds. The third-order valence-electron chi connectivity index (χ3n) is 2.45. The average molecular weight is 397 g/mol. The number of hydrogen-bond donors (Lipinski definition) is 1. The largest absolute Gasteiger partial charge is 0.494 e. The lowest BCUT2D eigenvalue weighted by Gasteiger charge is -2.10. The van der Waals surface area contributed by atoms with Gasteiger partial charge in [-0.3, -0.25) is 0 Å². The zero-order chi connectivity index (χ0) is 14.1. The number of hydrogen-bond acceptors (Lipinski definition) is 4. The highest BCUT2D eigenvalue weighted by Crippen LogP contribution is 2.34. The van der Waals surface area contributed by atoms with E-state index in [0.717, 1.165) is 27.8 Å². The molecule has 0 aliphatic rings. The van der Waals surface area contributed by atoms with Crippen LogP contribution >= 0.6 is 31.9 Å². The summed E-state index contributed by atoms with van der Waals surface area (Å²) in [7, 11) is 3.32. The summed E-state index contributed by atoms with van der Waals surface area (Å²) < 4.78 is 17.4. The monoisotopic (exact) mass is 395 g/mol. The Balaban J connectivity index is 2.30. The molecular weight excluding hydrogens is 378 g/mol. The standard InChI is InChI=1S/C13H19Br2NO3/c1-17-5-6-19-4-3-16-9-10-7-11(14)13(18-2)12(15)8-10/h7-8,16H,3-6,9H2,1-2H3. The number of nitrogens with one attached hydrogen (secondary N) is 1. The van der Waals surface area contributed by atoms with Crippen molar-refractivity contribution < 1.29 is 14.2 Å². The highest BCUT2D eigenvalue weighted by atomic mass is 79.9. The van der Waals surface area contributed by atoms with E-state index in [4.69, 9.17) is 14.2 Å². The van der Waals surface area contributed by atoms with Gasteiger partial charge in [-0.1, -0.05) is 0 Å². The predicted octanol–water partition coefficient (Wildman–Crippen LogP) is 2.97. The van der Waals surface area contributed by atoms with Crippen LogP contribution in [0.2, 0.25) is 0 Å². The Hall–Kier alpha value is -0.140. The number of halogens is 2. The molecule has 0 heterocycles. The van der Waals surface area contributed by atoms with E-state index in [1.54, 1.807) is 14.2 Å². The van der Waals surface area contributed by atoms with E-state index in [1.165, 1.54) is 5.56 Å². The van der Waals surface area contributed by atoms with Crippen molar-refractivity contribution in [3.63, 3.8) is 0 Å². The van der Waals surface area contributed by atoms with E-state index in [9.17, 15) is 0 Å². The van der Waals surface area contributed by atoms with Crippen LogP contribution in [0.4, 0.5) is 0 Å². The second kappa shape index (κ2) is 9.72. The van der Waals surface area contributed by atoms with Crippen molar-refractivity contribution in [2.24, 2.45) is 0 Å². The molecule has 0 fully saturated rings. The van der Waals surface area contributed by atoms with Crippen LogP contribution in [0.3, 0.4) is 0 Å². The Kier molecular flexibility index (Phi) is 8.65. The van der Waals surface area contributed by atoms with Gasteiger partial charge < -0.3 is 19.5 Å². The molecule has 0 aliphatic carbocycles. The van der Waals surface area contributed by atoms with Gasteiger partial charge in [0.1, 0.15) is 5.75 Å². The molecule has 0 saturated heterocycles. The van der Waals surface area contributed by atoms with Gasteiger partial charge >= 0.3 is 0 Å². The van der Waals surface area contributed by atoms with Crippen molar-refractivity contribution in [2.45, 2.75) is 6.54 Å². The van der Waals surface area contributed by atoms with Crippen molar-refractivity contribution in [3.8, 4) is 5.75 Å². The van der Waals surface area contributed by atoms with E-state index >= 15 is 0 Å². The van der Waals surface area contributed by atoms with E-state index in [-0.39, 0.29) is 0 Å². The van der Waals surface area contributed by atoms with Crippen LogP contribution in [-0.4, -0.2) is 40.6 Å². The maximum absolute atomic E-state index is 5.37. The van der Waals surface area contributed by atoms with Gasteiger partial charge in [0, 0.05) is 20.2 Å². The fourth-order valence-electron chi connectivity index (χ4n) is 1.53. The molecule has 0 bridgehead atoms. The second-order valence-electron chi connectivity index (χ2n) is 3.87. The van der Waals surface area contributed by atoms with Crippen LogP contribution in [0.15, 0.2) is 21.1 Å². The molecule has 0 spiro atoms. The Morgan fingerprint density at radius 2 is 1.74 bits per heavy atom. The number of rotatable bonds is 9. The summed E-state index contributed by atoms with van der Waals surface area (Å²) in [4.78, 5) is 0. The highest BCUT2D eigenvalue weighted by molar-refractivity contribution is 9.11. The number of benzene rings is 1. The van der Waals surface area contributed by atoms with E-state index in [2.05, 4.69) is 37.2 Å². The molecule has 0 atom stereocenters. The predicted molar refractivity (Wildman–Crippen MR) is 82.8 cm³/mol. The third-order valence-corrected chi connectivity index (χ3v) is 3.62. The summed E-state index contributed by atoms with van der Waals surface area (Å²) >= 11 is 6.98. The summed E-state index contributed by atoms with van der Waals surface area (Å²) in [6.45, 7) is 3.55. The Bertz CT molecular complexity index is 365. The molecule has 19 heavy (non-hydrogen) atoms. The number of ether oxygens (including phenoxy) is 3. The van der Waals surface area contributed by atoms with Crippen LogP contribution in [-0.2, 0) is 16.0 Å². The van der Waals surface area contributed by atoms with Gasteiger partial charge in [-0.05, 0) is 49.6 Å². The van der Waals surface area contributed by atoms with Crippen LogP contribution in [0.1, 0.15) is 5.56 Å². The summed E-state index contributed by atoms with van der Waals surface area (Å²) in [5, 5.41) is 3.32. The van der Waals surface area contributed by atoms with Crippen molar-refractivity contribution in [2.75, 3.05) is 40.6 Å². The van der Waals surface area contributed by atoms with Crippen LogP contribution in [0.25, 0.3) is 0 Å².